The van der Waals surface area contributed by atoms with Crippen LogP contribution in [0.15, 0.2) is 35.9 Å². The van der Waals surface area contributed by atoms with Crippen molar-refractivity contribution >= 4 is 12.0 Å². The maximum absolute atomic E-state index is 12.5. The van der Waals surface area contributed by atoms with Crippen LogP contribution in [0.25, 0.3) is 6.08 Å². The Morgan fingerprint density at radius 1 is 1.09 bits per heavy atom. The molecular weight excluding hydrogens is 396 g/mol. The number of hydrogen-bond donors (Lipinski definition) is 2. The minimum atomic E-state index is -0.398. The number of nitrogens with one attached hydrogen (secondary N) is 2. The van der Waals surface area contributed by atoms with Gasteiger partial charge in [-0.2, -0.15) is 0 Å². The molecule has 0 heterocycles. The van der Waals surface area contributed by atoms with Gasteiger partial charge < -0.3 is 15.4 Å². The molecule has 32 heavy (non-hydrogen) atoms. The zero-order chi connectivity index (χ0) is 22.8. The molecular formula is C28H42N2O2. The molecule has 4 nitrogen and oxygen atoms in total. The molecule has 3 aliphatic rings. The molecule has 176 valence electrons. The molecule has 3 saturated carbocycles. The van der Waals surface area contributed by atoms with E-state index >= 15 is 0 Å². The topological polar surface area (TPSA) is 50.4 Å². The van der Waals surface area contributed by atoms with E-state index in [-0.39, 0.29) is 11.4 Å². The Morgan fingerprint density at radius 2 is 1.75 bits per heavy atom. The summed E-state index contributed by atoms with van der Waals surface area (Å²) in [5, 5.41) is 7.66. The van der Waals surface area contributed by atoms with Crippen LogP contribution in [0.3, 0.4) is 0 Å². The van der Waals surface area contributed by atoms with Crippen LogP contribution in [0.2, 0.25) is 0 Å². The predicted octanol–water partition coefficient (Wildman–Crippen LogP) is 5.48. The summed E-state index contributed by atoms with van der Waals surface area (Å²) in [6, 6.07) is 12.5. The molecule has 0 amide bonds. The maximum Gasteiger partial charge on any atom is 0.313 e. The van der Waals surface area contributed by atoms with Crippen LogP contribution in [0, 0.1) is 11.3 Å². The average molecular weight is 439 g/mol. The molecule has 3 aliphatic carbocycles. The van der Waals surface area contributed by atoms with Gasteiger partial charge in [0.25, 0.3) is 0 Å². The van der Waals surface area contributed by atoms with Crippen LogP contribution in [0.4, 0.5) is 0 Å². The van der Waals surface area contributed by atoms with Crippen LogP contribution in [0.5, 0.6) is 0 Å². The smallest absolute Gasteiger partial charge is 0.313 e. The van der Waals surface area contributed by atoms with Gasteiger partial charge in [-0.3, -0.25) is 4.79 Å². The Balaban J connectivity index is 1.18. The Hall–Kier alpha value is -1.65. The van der Waals surface area contributed by atoms with Gasteiger partial charge in [0.15, 0.2) is 0 Å². The summed E-state index contributed by atoms with van der Waals surface area (Å²) < 4.78 is 5.66. The highest BCUT2D eigenvalue weighted by molar-refractivity contribution is 5.80. The molecule has 4 heteroatoms. The highest BCUT2D eigenvalue weighted by Gasteiger charge is 2.52. The number of esters is 1. The molecule has 0 aliphatic heterocycles. The van der Waals surface area contributed by atoms with Crippen molar-refractivity contribution in [3.8, 4) is 0 Å². The van der Waals surface area contributed by atoms with Crippen molar-refractivity contribution in [2.24, 2.45) is 11.3 Å². The third-order valence-electron chi connectivity index (χ3n) is 7.42. The standard InChI is InChI=1S/C28H42N2O2/c1-5-21(17-20-9-7-6-8-10-20)24-18-25(24)30-23-13-11-22(12-14-23)29-19-28(15-16-28)26(31)32-27(2,3)4/h6-10,17,22-25,29-30H,5,11-16,18-19H2,1-4H3/b21-17+. The van der Waals surface area contributed by atoms with Crippen LogP contribution < -0.4 is 10.6 Å². The van der Waals surface area contributed by atoms with Gasteiger partial charge in [0, 0.05) is 24.7 Å². The molecule has 0 aromatic heterocycles. The zero-order valence-electron chi connectivity index (χ0n) is 20.5. The molecule has 2 N–H and O–H groups in total. The van der Waals surface area contributed by atoms with E-state index in [9.17, 15) is 4.79 Å². The van der Waals surface area contributed by atoms with Gasteiger partial charge >= 0.3 is 5.97 Å². The summed E-state index contributed by atoms with van der Waals surface area (Å²) in [6.07, 6.45) is 11.6. The average Bonchev–Trinajstić information content (AvgIpc) is 3.68. The number of carbonyl (C=O) groups is 1. The Labute approximate surface area is 194 Å². The van der Waals surface area contributed by atoms with Gasteiger partial charge in [-0.15, -0.1) is 0 Å². The van der Waals surface area contributed by atoms with Crippen molar-refractivity contribution in [2.45, 2.75) is 103 Å². The molecule has 1 aromatic carbocycles. The second-order valence-corrected chi connectivity index (χ2v) is 11.3. The van der Waals surface area contributed by atoms with E-state index in [1.54, 1.807) is 5.57 Å². The molecule has 0 radical (unpaired) electrons. The minimum absolute atomic E-state index is 0.0112. The van der Waals surface area contributed by atoms with Gasteiger partial charge in [0.05, 0.1) is 5.41 Å². The summed E-state index contributed by atoms with van der Waals surface area (Å²) in [5.74, 6) is 0.697. The molecule has 0 spiro atoms. The molecule has 4 rings (SSSR count). The summed E-state index contributed by atoms with van der Waals surface area (Å²) in [6.45, 7) is 8.92. The first-order chi connectivity index (χ1) is 15.3. The molecule has 2 atom stereocenters. The minimum Gasteiger partial charge on any atom is -0.460 e. The number of hydrogen-bond acceptors (Lipinski definition) is 4. The third-order valence-corrected chi connectivity index (χ3v) is 7.42. The van der Waals surface area contributed by atoms with Crippen LogP contribution in [-0.2, 0) is 9.53 Å². The molecule has 0 bridgehead atoms. The fourth-order valence-corrected chi connectivity index (χ4v) is 5.12. The quantitative estimate of drug-likeness (QED) is 0.501. The first-order valence-corrected chi connectivity index (χ1v) is 12.8. The zero-order valence-corrected chi connectivity index (χ0v) is 20.5. The maximum atomic E-state index is 12.5. The van der Waals surface area contributed by atoms with E-state index in [4.69, 9.17) is 4.74 Å². The Kier molecular flexibility index (Phi) is 7.11. The fraction of sp³-hybridized carbons (Fsp3) is 0.679. The van der Waals surface area contributed by atoms with E-state index in [2.05, 4.69) is 54.0 Å². The lowest BCUT2D eigenvalue weighted by Gasteiger charge is -2.31. The lowest BCUT2D eigenvalue weighted by atomic mass is 9.90. The lowest BCUT2D eigenvalue weighted by molar-refractivity contribution is -0.161. The molecule has 3 fully saturated rings. The first-order valence-electron chi connectivity index (χ1n) is 12.8. The van der Waals surface area contributed by atoms with E-state index in [0.29, 0.717) is 24.0 Å². The SMILES string of the molecule is CC/C(=C\c1ccccc1)C1CC1NC1CCC(NCC2(C(=O)OC(C)(C)C)CC2)CC1. The summed E-state index contributed by atoms with van der Waals surface area (Å²) in [4.78, 5) is 12.5. The molecule has 0 saturated heterocycles. The van der Waals surface area contributed by atoms with Gasteiger partial charge in [0.1, 0.15) is 5.60 Å². The predicted molar refractivity (Wildman–Crippen MR) is 131 cm³/mol. The van der Waals surface area contributed by atoms with Crippen molar-refractivity contribution in [3.05, 3.63) is 41.5 Å². The van der Waals surface area contributed by atoms with E-state index in [1.165, 1.54) is 37.7 Å². The third kappa shape index (κ3) is 6.23. The van der Waals surface area contributed by atoms with E-state index < -0.39 is 5.60 Å². The van der Waals surface area contributed by atoms with Crippen molar-refractivity contribution in [2.75, 3.05) is 6.54 Å². The Bertz CT molecular complexity index is 798. The highest BCUT2D eigenvalue weighted by Crippen LogP contribution is 2.47. The van der Waals surface area contributed by atoms with Gasteiger partial charge in [-0.25, -0.2) is 0 Å². The summed E-state index contributed by atoms with van der Waals surface area (Å²) in [5.41, 5.74) is 2.25. The van der Waals surface area contributed by atoms with Crippen LogP contribution in [-0.4, -0.2) is 36.2 Å². The second kappa shape index (κ2) is 9.69. The largest absolute Gasteiger partial charge is 0.460 e. The first kappa shape index (κ1) is 23.5. The summed E-state index contributed by atoms with van der Waals surface area (Å²) in [7, 11) is 0. The number of benzene rings is 1. The monoisotopic (exact) mass is 438 g/mol. The normalized spacial score (nSPS) is 29.4. The number of carbonyl (C=O) groups excluding carboxylic acids is 1. The van der Waals surface area contributed by atoms with Gasteiger partial charge in [0.2, 0.25) is 0 Å². The summed E-state index contributed by atoms with van der Waals surface area (Å²) >= 11 is 0. The second-order valence-electron chi connectivity index (χ2n) is 11.3. The van der Waals surface area contributed by atoms with Crippen molar-refractivity contribution in [1.82, 2.24) is 10.6 Å². The van der Waals surface area contributed by atoms with Crippen molar-refractivity contribution < 1.29 is 9.53 Å². The molecule has 2 unspecified atom stereocenters. The van der Waals surface area contributed by atoms with Crippen LogP contribution >= 0.6 is 0 Å². The van der Waals surface area contributed by atoms with Gasteiger partial charge in [-0.05, 0) is 83.6 Å². The van der Waals surface area contributed by atoms with E-state index in [1.807, 2.05) is 20.8 Å². The highest BCUT2D eigenvalue weighted by atomic mass is 16.6. The number of ether oxygens (including phenoxy) is 1. The van der Waals surface area contributed by atoms with Crippen LogP contribution in [0.1, 0.15) is 84.6 Å². The Morgan fingerprint density at radius 3 is 2.34 bits per heavy atom. The lowest BCUT2D eigenvalue weighted by Crippen LogP contribution is -2.44. The van der Waals surface area contributed by atoms with Crippen molar-refractivity contribution in [1.29, 1.82) is 0 Å². The number of rotatable bonds is 9. The molecule has 1 aromatic rings. The fourth-order valence-electron chi connectivity index (χ4n) is 5.12. The van der Waals surface area contributed by atoms with E-state index in [0.717, 1.165) is 25.8 Å². The van der Waals surface area contributed by atoms with Gasteiger partial charge in [-0.1, -0.05) is 48.9 Å². The van der Waals surface area contributed by atoms with Crippen molar-refractivity contribution in [3.63, 3.8) is 0 Å².